The molecule has 0 fully saturated rings. The minimum Gasteiger partial charge on any atom is -0.368 e. The predicted octanol–water partition coefficient (Wildman–Crippen LogP) is 2.16. The van der Waals surface area contributed by atoms with Crippen molar-refractivity contribution in [3.05, 3.63) is 29.3 Å². The van der Waals surface area contributed by atoms with Gasteiger partial charge in [-0.3, -0.25) is 4.79 Å². The van der Waals surface area contributed by atoms with Crippen LogP contribution in [0, 0.1) is 26.7 Å². The zero-order valence-corrected chi connectivity index (χ0v) is 15.1. The number of carbonyl (C=O) groups is 1. The molecule has 0 aromatic carbocycles. The summed E-state index contributed by atoms with van der Waals surface area (Å²) in [6.07, 6.45) is 0.550. The van der Waals surface area contributed by atoms with E-state index in [0.717, 1.165) is 23.0 Å². The van der Waals surface area contributed by atoms with E-state index in [1.165, 1.54) is 0 Å². The SMILES string of the molecule is Cc1cc(C)n(-c2cc(NCCNC(=O)CC(C)C)nc(C)n2)n1. The van der Waals surface area contributed by atoms with E-state index in [1.807, 2.05) is 46.8 Å². The van der Waals surface area contributed by atoms with Gasteiger partial charge in [0, 0.05) is 31.3 Å². The van der Waals surface area contributed by atoms with Crippen LogP contribution in [0.1, 0.15) is 37.5 Å². The Kier molecular flexibility index (Phi) is 5.89. The summed E-state index contributed by atoms with van der Waals surface area (Å²) in [4.78, 5) is 20.5. The van der Waals surface area contributed by atoms with Crippen molar-refractivity contribution < 1.29 is 4.79 Å². The highest BCUT2D eigenvalue weighted by Crippen LogP contribution is 2.13. The normalized spacial score (nSPS) is 10.9. The van der Waals surface area contributed by atoms with Gasteiger partial charge in [-0.1, -0.05) is 13.8 Å². The fourth-order valence-electron chi connectivity index (χ4n) is 2.45. The van der Waals surface area contributed by atoms with E-state index < -0.39 is 0 Å². The standard InChI is InChI=1S/C17H26N6O/c1-11(2)8-17(24)19-7-6-18-15-10-16(21-14(5)20-15)23-13(4)9-12(3)22-23/h9-11H,6-8H2,1-5H3,(H,19,24)(H,18,20,21). The highest BCUT2D eigenvalue weighted by atomic mass is 16.1. The van der Waals surface area contributed by atoms with E-state index in [4.69, 9.17) is 0 Å². The number of aryl methyl sites for hydroxylation is 3. The molecule has 0 aliphatic carbocycles. The molecule has 0 spiro atoms. The van der Waals surface area contributed by atoms with E-state index in [-0.39, 0.29) is 5.91 Å². The fourth-order valence-corrected chi connectivity index (χ4v) is 2.45. The number of hydrogen-bond acceptors (Lipinski definition) is 5. The smallest absolute Gasteiger partial charge is 0.220 e. The van der Waals surface area contributed by atoms with Crippen LogP contribution in [0.4, 0.5) is 5.82 Å². The average molecular weight is 330 g/mol. The second-order valence-electron chi connectivity index (χ2n) is 6.37. The summed E-state index contributed by atoms with van der Waals surface area (Å²) in [5, 5.41) is 10.6. The van der Waals surface area contributed by atoms with Gasteiger partial charge in [0.15, 0.2) is 5.82 Å². The van der Waals surface area contributed by atoms with Gasteiger partial charge in [-0.15, -0.1) is 0 Å². The third-order valence-electron chi connectivity index (χ3n) is 3.40. The number of anilines is 1. The topological polar surface area (TPSA) is 84.7 Å². The highest BCUT2D eigenvalue weighted by molar-refractivity contribution is 5.76. The van der Waals surface area contributed by atoms with Gasteiger partial charge in [-0.05, 0) is 32.8 Å². The van der Waals surface area contributed by atoms with E-state index >= 15 is 0 Å². The Bertz CT molecular complexity index is 707. The van der Waals surface area contributed by atoms with Crippen LogP contribution in [0.2, 0.25) is 0 Å². The number of carbonyl (C=O) groups excluding carboxylic acids is 1. The molecule has 0 bridgehead atoms. The largest absolute Gasteiger partial charge is 0.368 e. The molecule has 0 unspecified atom stereocenters. The van der Waals surface area contributed by atoms with Gasteiger partial charge in [-0.2, -0.15) is 5.10 Å². The third kappa shape index (κ3) is 5.04. The molecule has 0 aliphatic heterocycles. The van der Waals surface area contributed by atoms with Gasteiger partial charge >= 0.3 is 0 Å². The Labute approximate surface area is 142 Å². The van der Waals surface area contributed by atoms with Crippen molar-refractivity contribution in [1.29, 1.82) is 0 Å². The molecule has 2 heterocycles. The molecule has 0 atom stereocenters. The van der Waals surface area contributed by atoms with E-state index in [9.17, 15) is 4.79 Å². The van der Waals surface area contributed by atoms with Crippen LogP contribution in [-0.2, 0) is 4.79 Å². The zero-order chi connectivity index (χ0) is 17.7. The van der Waals surface area contributed by atoms with Gasteiger partial charge in [0.2, 0.25) is 5.91 Å². The van der Waals surface area contributed by atoms with Crippen LogP contribution in [0.5, 0.6) is 0 Å². The number of nitrogens with zero attached hydrogens (tertiary/aromatic N) is 4. The Balaban J connectivity index is 1.97. The molecular weight excluding hydrogens is 304 g/mol. The van der Waals surface area contributed by atoms with Gasteiger partial charge in [0.05, 0.1) is 5.69 Å². The van der Waals surface area contributed by atoms with Gasteiger partial charge in [-0.25, -0.2) is 14.6 Å². The lowest BCUT2D eigenvalue weighted by Gasteiger charge is -2.11. The molecule has 2 N–H and O–H groups in total. The van der Waals surface area contributed by atoms with E-state index in [1.54, 1.807) is 4.68 Å². The van der Waals surface area contributed by atoms with Crippen LogP contribution in [0.3, 0.4) is 0 Å². The fraction of sp³-hybridized carbons (Fsp3) is 0.529. The van der Waals surface area contributed by atoms with Crippen molar-refractivity contribution in [3.63, 3.8) is 0 Å². The molecule has 0 saturated heterocycles. The minimum atomic E-state index is 0.0778. The first kappa shape index (κ1) is 17.9. The predicted molar refractivity (Wildman–Crippen MR) is 94.3 cm³/mol. The number of hydrogen-bond donors (Lipinski definition) is 2. The summed E-state index contributed by atoms with van der Waals surface area (Å²) < 4.78 is 1.81. The molecule has 0 radical (unpaired) electrons. The maximum absolute atomic E-state index is 11.6. The molecule has 130 valence electrons. The van der Waals surface area contributed by atoms with Crippen molar-refractivity contribution in [3.8, 4) is 5.82 Å². The van der Waals surface area contributed by atoms with Gasteiger partial charge < -0.3 is 10.6 Å². The number of aromatic nitrogens is 4. The van der Waals surface area contributed by atoms with Gasteiger partial charge in [0.25, 0.3) is 0 Å². The van der Waals surface area contributed by atoms with Crippen LogP contribution in [-0.4, -0.2) is 38.7 Å². The second kappa shape index (κ2) is 7.90. The molecule has 7 nitrogen and oxygen atoms in total. The second-order valence-corrected chi connectivity index (χ2v) is 6.37. The molecule has 1 amide bonds. The lowest BCUT2D eigenvalue weighted by Crippen LogP contribution is -2.29. The summed E-state index contributed by atoms with van der Waals surface area (Å²) in [5.74, 6) is 2.58. The summed E-state index contributed by atoms with van der Waals surface area (Å²) in [7, 11) is 0. The number of rotatable bonds is 7. The van der Waals surface area contributed by atoms with Gasteiger partial charge in [0.1, 0.15) is 11.6 Å². The third-order valence-corrected chi connectivity index (χ3v) is 3.40. The summed E-state index contributed by atoms with van der Waals surface area (Å²) >= 11 is 0. The Hall–Kier alpha value is -2.44. The molecule has 2 rings (SSSR count). The van der Waals surface area contributed by atoms with Crippen LogP contribution >= 0.6 is 0 Å². The van der Waals surface area contributed by atoms with Crippen LogP contribution < -0.4 is 10.6 Å². The van der Waals surface area contributed by atoms with Crippen LogP contribution in [0.15, 0.2) is 12.1 Å². The highest BCUT2D eigenvalue weighted by Gasteiger charge is 2.08. The molecule has 0 aliphatic rings. The monoisotopic (exact) mass is 330 g/mol. The van der Waals surface area contributed by atoms with Crippen molar-refractivity contribution in [2.45, 2.75) is 41.0 Å². The summed E-state index contributed by atoms with van der Waals surface area (Å²) in [6.45, 7) is 11.0. The molecule has 24 heavy (non-hydrogen) atoms. The molecule has 0 saturated carbocycles. The lowest BCUT2D eigenvalue weighted by atomic mass is 10.1. The lowest BCUT2D eigenvalue weighted by molar-refractivity contribution is -0.121. The van der Waals surface area contributed by atoms with Crippen LogP contribution in [0.25, 0.3) is 5.82 Å². The Morgan fingerprint density at radius 1 is 1.17 bits per heavy atom. The minimum absolute atomic E-state index is 0.0778. The molecule has 2 aromatic rings. The Morgan fingerprint density at radius 3 is 2.54 bits per heavy atom. The van der Waals surface area contributed by atoms with Crippen molar-refractivity contribution in [2.24, 2.45) is 5.92 Å². The quantitative estimate of drug-likeness (QED) is 0.760. The van der Waals surface area contributed by atoms with E-state index in [2.05, 4.69) is 25.7 Å². The number of amides is 1. The van der Waals surface area contributed by atoms with Crippen molar-refractivity contribution in [2.75, 3.05) is 18.4 Å². The van der Waals surface area contributed by atoms with Crippen molar-refractivity contribution >= 4 is 11.7 Å². The maximum atomic E-state index is 11.6. The molecular formula is C17H26N6O. The zero-order valence-electron chi connectivity index (χ0n) is 15.1. The molecule has 2 aromatic heterocycles. The number of nitrogens with one attached hydrogen (secondary N) is 2. The molecule has 7 heteroatoms. The van der Waals surface area contributed by atoms with Crippen molar-refractivity contribution in [1.82, 2.24) is 25.1 Å². The first-order chi connectivity index (χ1) is 11.3. The maximum Gasteiger partial charge on any atom is 0.220 e. The first-order valence-electron chi connectivity index (χ1n) is 8.25. The summed E-state index contributed by atoms with van der Waals surface area (Å²) in [6, 6.07) is 3.87. The van der Waals surface area contributed by atoms with E-state index in [0.29, 0.717) is 31.3 Å². The summed E-state index contributed by atoms with van der Waals surface area (Å²) in [5.41, 5.74) is 1.98. The Morgan fingerprint density at radius 2 is 1.92 bits per heavy atom. The first-order valence-corrected chi connectivity index (χ1v) is 8.25. The average Bonchev–Trinajstić information content (AvgIpc) is 2.81.